The summed E-state index contributed by atoms with van der Waals surface area (Å²) in [7, 11) is 0. The van der Waals surface area contributed by atoms with Crippen LogP contribution in [0.3, 0.4) is 0 Å². The van der Waals surface area contributed by atoms with Crippen LogP contribution in [0.5, 0.6) is 0 Å². The van der Waals surface area contributed by atoms with Crippen LogP contribution in [-0.2, 0) is 9.59 Å². The number of nitrogens with zero attached hydrogens (tertiary/aromatic N) is 2. The van der Waals surface area contributed by atoms with Crippen LogP contribution in [0, 0.1) is 11.7 Å². The maximum atomic E-state index is 13.3. The first-order valence-corrected chi connectivity index (χ1v) is 5.98. The number of carbonyl (C=O) groups is 2. The van der Waals surface area contributed by atoms with Gasteiger partial charge in [-0.15, -0.1) is 0 Å². The normalized spacial score (nSPS) is 18.0. The molecule has 0 saturated carbocycles. The largest absolute Gasteiger partial charge is 0.273 e. The Morgan fingerprint density at radius 1 is 1.55 bits per heavy atom. The molecule has 1 aromatic rings. The summed E-state index contributed by atoms with van der Waals surface area (Å²) < 4.78 is 13.3. The lowest BCUT2D eigenvalue weighted by Gasteiger charge is -2.05. The number of hydrogen-bond acceptors (Lipinski definition) is 4. The Morgan fingerprint density at radius 3 is 2.95 bits per heavy atom. The summed E-state index contributed by atoms with van der Waals surface area (Å²) in [6.45, 7) is 1.67. The number of hydrogen-bond donors (Lipinski definition) is 2. The average molecular weight is 276 g/mol. The Balaban J connectivity index is 1.88. The number of benzene rings is 1. The van der Waals surface area contributed by atoms with E-state index in [4.69, 9.17) is 0 Å². The van der Waals surface area contributed by atoms with Crippen molar-refractivity contribution < 1.29 is 14.0 Å². The predicted octanol–water partition coefficient (Wildman–Crippen LogP) is 0.788. The van der Waals surface area contributed by atoms with E-state index in [0.717, 1.165) is 0 Å². The summed E-state index contributed by atoms with van der Waals surface area (Å²) in [5.41, 5.74) is 5.38. The maximum Gasteiger partial charge on any atom is 0.249 e. The lowest BCUT2D eigenvalue weighted by Crippen LogP contribution is -2.29. The molecular formula is C13H13FN4O2. The van der Waals surface area contributed by atoms with Crippen molar-refractivity contribution in [1.29, 1.82) is 0 Å². The third-order valence-electron chi connectivity index (χ3n) is 2.85. The highest BCUT2D eigenvalue weighted by Crippen LogP contribution is 2.11. The van der Waals surface area contributed by atoms with Crippen LogP contribution >= 0.6 is 0 Å². The van der Waals surface area contributed by atoms with E-state index < -0.39 is 17.6 Å². The van der Waals surface area contributed by atoms with Crippen molar-refractivity contribution >= 4 is 23.7 Å². The molecule has 0 bridgehead atoms. The first-order valence-electron chi connectivity index (χ1n) is 5.98. The number of halogens is 1. The molecule has 1 atom stereocenters. The monoisotopic (exact) mass is 276 g/mol. The van der Waals surface area contributed by atoms with E-state index in [1.807, 2.05) is 0 Å². The summed E-state index contributed by atoms with van der Waals surface area (Å²) in [5, 5.41) is 7.40. The van der Waals surface area contributed by atoms with Crippen molar-refractivity contribution in [2.45, 2.75) is 13.3 Å². The molecule has 2 rings (SSSR count). The van der Waals surface area contributed by atoms with Gasteiger partial charge >= 0.3 is 0 Å². The summed E-state index contributed by atoms with van der Waals surface area (Å²) in [5.74, 6) is -1.74. The molecule has 0 aromatic heterocycles. The molecule has 1 aliphatic rings. The molecule has 0 fully saturated rings. The zero-order valence-corrected chi connectivity index (χ0v) is 10.8. The SMILES string of the molecule is CC1=NNC(=O)[C@@H]1CC(=O)N/N=C\c1ccccc1F. The molecule has 0 aliphatic carbocycles. The van der Waals surface area contributed by atoms with Gasteiger partial charge in [-0.3, -0.25) is 9.59 Å². The van der Waals surface area contributed by atoms with Gasteiger partial charge in [0.2, 0.25) is 11.8 Å². The zero-order chi connectivity index (χ0) is 14.5. The van der Waals surface area contributed by atoms with Crippen molar-refractivity contribution in [2.24, 2.45) is 16.1 Å². The van der Waals surface area contributed by atoms with E-state index in [1.54, 1.807) is 19.1 Å². The average Bonchev–Trinajstić information content (AvgIpc) is 2.73. The third kappa shape index (κ3) is 3.25. The molecule has 20 heavy (non-hydrogen) atoms. The standard InChI is InChI=1S/C13H13FN4O2/c1-8-10(13(20)18-16-8)6-12(19)17-15-7-9-4-2-3-5-11(9)14/h2-5,7,10H,6H2,1H3,(H,17,19)(H,18,20)/b15-7-/t10-/m1/s1. The summed E-state index contributed by atoms with van der Waals surface area (Å²) in [6, 6.07) is 6.05. The predicted molar refractivity (Wildman–Crippen MR) is 71.5 cm³/mol. The van der Waals surface area contributed by atoms with Crippen LogP contribution in [0.25, 0.3) is 0 Å². The number of nitrogens with one attached hydrogen (secondary N) is 2. The molecule has 6 nitrogen and oxygen atoms in total. The lowest BCUT2D eigenvalue weighted by molar-refractivity contribution is -0.127. The van der Waals surface area contributed by atoms with Crippen LogP contribution in [0.4, 0.5) is 4.39 Å². The summed E-state index contributed by atoms with van der Waals surface area (Å²) in [6.07, 6.45) is 1.17. The third-order valence-corrected chi connectivity index (χ3v) is 2.85. The van der Waals surface area contributed by atoms with Gasteiger partial charge in [0, 0.05) is 17.7 Å². The molecule has 0 spiro atoms. The summed E-state index contributed by atoms with van der Waals surface area (Å²) in [4.78, 5) is 23.0. The van der Waals surface area contributed by atoms with Crippen molar-refractivity contribution in [3.05, 3.63) is 35.6 Å². The minimum atomic E-state index is -0.571. The molecule has 1 aliphatic heterocycles. The highest BCUT2D eigenvalue weighted by molar-refractivity contribution is 6.09. The fraction of sp³-hybridized carbons (Fsp3) is 0.231. The summed E-state index contributed by atoms with van der Waals surface area (Å²) >= 11 is 0. The fourth-order valence-electron chi connectivity index (χ4n) is 1.71. The van der Waals surface area contributed by atoms with Gasteiger partial charge in [0.25, 0.3) is 0 Å². The van der Waals surface area contributed by atoms with E-state index in [9.17, 15) is 14.0 Å². The fourth-order valence-corrected chi connectivity index (χ4v) is 1.71. The Morgan fingerprint density at radius 2 is 2.30 bits per heavy atom. The van der Waals surface area contributed by atoms with Crippen LogP contribution in [0.15, 0.2) is 34.5 Å². The minimum absolute atomic E-state index is 0.0459. The second-order valence-corrected chi connectivity index (χ2v) is 4.30. The van der Waals surface area contributed by atoms with Crippen molar-refractivity contribution in [3.63, 3.8) is 0 Å². The highest BCUT2D eigenvalue weighted by Gasteiger charge is 2.28. The van der Waals surface area contributed by atoms with Gasteiger partial charge in [0.05, 0.1) is 12.1 Å². The molecule has 0 radical (unpaired) electrons. The van der Waals surface area contributed by atoms with Gasteiger partial charge in [-0.1, -0.05) is 18.2 Å². The second kappa shape index (κ2) is 6.05. The van der Waals surface area contributed by atoms with Gasteiger partial charge in [0.1, 0.15) is 5.82 Å². The van der Waals surface area contributed by atoms with Gasteiger partial charge in [-0.2, -0.15) is 10.2 Å². The van der Waals surface area contributed by atoms with Gasteiger partial charge < -0.3 is 0 Å². The lowest BCUT2D eigenvalue weighted by atomic mass is 10.0. The first kappa shape index (κ1) is 13.9. The quantitative estimate of drug-likeness (QED) is 0.629. The highest BCUT2D eigenvalue weighted by atomic mass is 19.1. The van der Waals surface area contributed by atoms with Crippen LogP contribution in [0.2, 0.25) is 0 Å². The molecule has 104 valence electrons. The van der Waals surface area contributed by atoms with Crippen molar-refractivity contribution in [3.8, 4) is 0 Å². The van der Waals surface area contributed by atoms with Crippen LogP contribution in [-0.4, -0.2) is 23.7 Å². The van der Waals surface area contributed by atoms with Gasteiger partial charge in [0.15, 0.2) is 0 Å². The molecule has 0 unspecified atom stereocenters. The molecule has 1 aromatic carbocycles. The Labute approximate surface area is 114 Å². The van der Waals surface area contributed by atoms with E-state index in [0.29, 0.717) is 5.71 Å². The molecule has 1 heterocycles. The number of carbonyl (C=O) groups excluding carboxylic acids is 2. The first-order chi connectivity index (χ1) is 9.58. The Hall–Kier alpha value is -2.57. The van der Waals surface area contributed by atoms with Gasteiger partial charge in [-0.05, 0) is 13.0 Å². The van der Waals surface area contributed by atoms with E-state index in [1.165, 1.54) is 18.3 Å². The van der Waals surface area contributed by atoms with Crippen LogP contribution in [0.1, 0.15) is 18.9 Å². The second-order valence-electron chi connectivity index (χ2n) is 4.30. The van der Waals surface area contributed by atoms with E-state index in [-0.39, 0.29) is 17.9 Å². The Kier molecular flexibility index (Phi) is 4.19. The zero-order valence-electron chi connectivity index (χ0n) is 10.8. The molecular weight excluding hydrogens is 263 g/mol. The van der Waals surface area contributed by atoms with Crippen molar-refractivity contribution in [1.82, 2.24) is 10.9 Å². The maximum absolute atomic E-state index is 13.3. The van der Waals surface area contributed by atoms with E-state index >= 15 is 0 Å². The van der Waals surface area contributed by atoms with Crippen LogP contribution < -0.4 is 10.9 Å². The molecule has 2 amide bonds. The smallest absolute Gasteiger partial charge is 0.249 e. The van der Waals surface area contributed by atoms with Gasteiger partial charge in [-0.25, -0.2) is 15.2 Å². The molecule has 0 saturated heterocycles. The van der Waals surface area contributed by atoms with Crippen molar-refractivity contribution in [2.75, 3.05) is 0 Å². The Bertz CT molecular complexity index is 598. The minimum Gasteiger partial charge on any atom is -0.273 e. The topological polar surface area (TPSA) is 82.9 Å². The number of hydrazone groups is 2. The number of amides is 2. The molecule has 2 N–H and O–H groups in total. The molecule has 7 heteroatoms. The number of rotatable bonds is 4. The van der Waals surface area contributed by atoms with E-state index in [2.05, 4.69) is 21.1 Å².